The molecule has 0 aromatic heterocycles. The lowest BCUT2D eigenvalue weighted by atomic mass is 10.1. The number of hydrogen-bond acceptors (Lipinski definition) is 1. The smallest absolute Gasteiger partial charge is 0.0998 e. The Morgan fingerprint density at radius 3 is 2.38 bits per heavy atom. The van der Waals surface area contributed by atoms with Crippen molar-refractivity contribution in [3.05, 3.63) is 47.6 Å². The van der Waals surface area contributed by atoms with Crippen LogP contribution < -0.4 is 0 Å². The minimum Gasteiger partial charge on any atom is -0.354 e. The molecule has 0 unspecified atom stereocenters. The van der Waals surface area contributed by atoms with Crippen LogP contribution in [0, 0.1) is 0 Å². The zero-order valence-corrected chi connectivity index (χ0v) is 17.0. The summed E-state index contributed by atoms with van der Waals surface area (Å²) in [5.74, 6) is 1.16. The zero-order chi connectivity index (χ0) is 18.5. The van der Waals surface area contributed by atoms with E-state index in [9.17, 15) is 0 Å². The van der Waals surface area contributed by atoms with Crippen molar-refractivity contribution >= 4 is 17.4 Å². The van der Waals surface area contributed by atoms with Gasteiger partial charge in [-0.25, -0.2) is 0 Å². The first-order valence-corrected chi connectivity index (χ1v) is 9.31. The maximum absolute atomic E-state index is 5.99. The van der Waals surface area contributed by atoms with Gasteiger partial charge in [-0.05, 0) is 45.8 Å². The van der Waals surface area contributed by atoms with E-state index in [1.807, 2.05) is 25.2 Å². The lowest BCUT2D eigenvalue weighted by Crippen LogP contribution is -2.38. The van der Waals surface area contributed by atoms with Crippen LogP contribution in [0.4, 0.5) is 0 Å². The molecule has 0 aromatic carbocycles. The van der Waals surface area contributed by atoms with Gasteiger partial charge in [0, 0.05) is 24.0 Å². The summed E-state index contributed by atoms with van der Waals surface area (Å²) >= 11 is 5.99. The number of nitrogens with zero attached hydrogens (tertiary/aromatic N) is 2. The molecule has 2 nitrogen and oxygen atoms in total. The first-order valence-electron chi connectivity index (χ1n) is 8.93. The Labute approximate surface area is 154 Å². The predicted octanol–water partition coefficient (Wildman–Crippen LogP) is 6.51. The molecule has 24 heavy (non-hydrogen) atoms. The molecule has 0 aliphatic rings. The standard InChI is InChI=1S/C21H35ClN2/c1-8-10-11-12-21(24(18(5)6)16-17(3)4)23-15-19(7)13-14-20(22)9-2/h9,13-14,18H,3,7-8,10-12,15-16H2,1-2,4-6H3/b14-13-,20-9+,23-21-. The predicted molar refractivity (Wildman–Crippen MR) is 111 cm³/mol. The van der Waals surface area contributed by atoms with E-state index >= 15 is 0 Å². The third kappa shape index (κ3) is 10.5. The van der Waals surface area contributed by atoms with Crippen LogP contribution in [0.25, 0.3) is 0 Å². The summed E-state index contributed by atoms with van der Waals surface area (Å²) in [6.07, 6.45) is 10.3. The van der Waals surface area contributed by atoms with Crippen molar-refractivity contribution in [2.45, 2.75) is 66.3 Å². The summed E-state index contributed by atoms with van der Waals surface area (Å²) in [6, 6.07) is 0.406. The second-order valence-corrected chi connectivity index (χ2v) is 6.97. The Kier molecular flexibility index (Phi) is 12.4. The average molecular weight is 351 g/mol. The van der Waals surface area contributed by atoms with Gasteiger partial charge in [-0.1, -0.05) is 62.2 Å². The SMILES string of the molecule is C=C(C)CN(/C(CCCCC)=N\CC(=C)/C=C\C(Cl)=C/C)C(C)C. The monoisotopic (exact) mass is 350 g/mol. The maximum atomic E-state index is 5.99. The highest BCUT2D eigenvalue weighted by molar-refractivity contribution is 6.31. The molecule has 0 rings (SSSR count). The van der Waals surface area contributed by atoms with Crippen molar-refractivity contribution < 1.29 is 0 Å². The van der Waals surface area contributed by atoms with Crippen molar-refractivity contribution in [2.24, 2.45) is 4.99 Å². The lowest BCUT2D eigenvalue weighted by Gasteiger charge is -2.30. The summed E-state index contributed by atoms with van der Waals surface area (Å²) in [5, 5.41) is 0.717. The number of unbranched alkanes of at least 4 members (excludes halogenated alkanes) is 2. The van der Waals surface area contributed by atoms with Crippen LogP contribution in [0.5, 0.6) is 0 Å². The van der Waals surface area contributed by atoms with Crippen LogP contribution in [0.3, 0.4) is 0 Å². The highest BCUT2D eigenvalue weighted by atomic mass is 35.5. The van der Waals surface area contributed by atoms with E-state index in [0.29, 0.717) is 12.6 Å². The van der Waals surface area contributed by atoms with E-state index in [0.717, 1.165) is 35.0 Å². The summed E-state index contributed by atoms with van der Waals surface area (Å²) in [5.41, 5.74) is 2.12. The van der Waals surface area contributed by atoms with Gasteiger partial charge in [0.1, 0.15) is 0 Å². The molecule has 0 radical (unpaired) electrons. The molecule has 136 valence electrons. The fraction of sp³-hybridized carbons (Fsp3) is 0.571. The zero-order valence-electron chi connectivity index (χ0n) is 16.2. The Balaban J connectivity index is 5.11. The minimum atomic E-state index is 0.406. The van der Waals surface area contributed by atoms with E-state index in [2.05, 4.69) is 45.8 Å². The largest absolute Gasteiger partial charge is 0.354 e. The molecule has 0 saturated carbocycles. The topological polar surface area (TPSA) is 15.6 Å². The quantitative estimate of drug-likeness (QED) is 0.136. The number of rotatable bonds is 11. The van der Waals surface area contributed by atoms with Gasteiger partial charge in [0.05, 0.1) is 12.4 Å². The first-order chi connectivity index (χ1) is 11.3. The van der Waals surface area contributed by atoms with Crippen molar-refractivity contribution in [1.29, 1.82) is 0 Å². The first kappa shape index (κ1) is 22.7. The molecular formula is C21H35ClN2. The van der Waals surface area contributed by atoms with E-state index in [1.54, 1.807) is 0 Å². The van der Waals surface area contributed by atoms with Crippen molar-refractivity contribution in [1.82, 2.24) is 4.90 Å². The summed E-state index contributed by atoms with van der Waals surface area (Å²) in [7, 11) is 0. The summed E-state index contributed by atoms with van der Waals surface area (Å²) in [4.78, 5) is 7.22. The van der Waals surface area contributed by atoms with Crippen molar-refractivity contribution in [3.8, 4) is 0 Å². The van der Waals surface area contributed by atoms with Gasteiger partial charge < -0.3 is 4.90 Å². The second-order valence-electron chi connectivity index (χ2n) is 6.53. The van der Waals surface area contributed by atoms with Crippen LogP contribution in [0.1, 0.15) is 60.3 Å². The number of hydrogen-bond donors (Lipinski definition) is 0. The summed E-state index contributed by atoms with van der Waals surface area (Å²) < 4.78 is 0. The fourth-order valence-corrected chi connectivity index (χ4v) is 2.31. The number of halogens is 1. The molecular weight excluding hydrogens is 316 g/mol. The van der Waals surface area contributed by atoms with Crippen LogP contribution in [-0.2, 0) is 0 Å². The Morgan fingerprint density at radius 2 is 1.88 bits per heavy atom. The molecule has 0 saturated heterocycles. The van der Waals surface area contributed by atoms with Gasteiger partial charge in [-0.3, -0.25) is 4.99 Å². The Bertz CT molecular complexity index is 484. The molecule has 0 aliphatic carbocycles. The van der Waals surface area contributed by atoms with Crippen LogP contribution in [0.2, 0.25) is 0 Å². The minimum absolute atomic E-state index is 0.406. The normalized spacial score (nSPS) is 13.0. The molecule has 0 bridgehead atoms. The van der Waals surface area contributed by atoms with E-state index in [-0.39, 0.29) is 0 Å². The molecule has 3 heteroatoms. The van der Waals surface area contributed by atoms with Crippen molar-refractivity contribution in [2.75, 3.05) is 13.1 Å². The van der Waals surface area contributed by atoms with Gasteiger partial charge in [-0.2, -0.15) is 0 Å². The third-order valence-electron chi connectivity index (χ3n) is 3.62. The van der Waals surface area contributed by atoms with Gasteiger partial charge in [0.15, 0.2) is 0 Å². The van der Waals surface area contributed by atoms with Crippen LogP contribution in [0.15, 0.2) is 52.6 Å². The average Bonchev–Trinajstić information content (AvgIpc) is 2.53. The lowest BCUT2D eigenvalue weighted by molar-refractivity contribution is 0.365. The number of allylic oxidation sites excluding steroid dienone is 3. The van der Waals surface area contributed by atoms with Gasteiger partial charge in [-0.15, -0.1) is 0 Å². The highest BCUT2D eigenvalue weighted by Gasteiger charge is 2.14. The van der Waals surface area contributed by atoms with E-state index in [4.69, 9.17) is 16.6 Å². The molecule has 0 amide bonds. The van der Waals surface area contributed by atoms with Gasteiger partial charge in [0.25, 0.3) is 0 Å². The molecule has 0 spiro atoms. The molecule has 0 aliphatic heterocycles. The number of amidine groups is 1. The third-order valence-corrected chi connectivity index (χ3v) is 3.96. The van der Waals surface area contributed by atoms with Crippen LogP contribution in [-0.4, -0.2) is 29.9 Å². The molecule has 0 fully saturated rings. The molecule has 0 atom stereocenters. The molecule has 0 heterocycles. The highest BCUT2D eigenvalue weighted by Crippen LogP contribution is 2.12. The van der Waals surface area contributed by atoms with Gasteiger partial charge >= 0.3 is 0 Å². The van der Waals surface area contributed by atoms with Crippen molar-refractivity contribution in [3.63, 3.8) is 0 Å². The van der Waals surface area contributed by atoms with Crippen LogP contribution >= 0.6 is 11.6 Å². The van der Waals surface area contributed by atoms with Gasteiger partial charge in [0.2, 0.25) is 0 Å². The Morgan fingerprint density at radius 1 is 1.21 bits per heavy atom. The Hall–Kier alpha value is -1.28. The van der Waals surface area contributed by atoms with E-state index < -0.39 is 0 Å². The molecule has 0 aromatic rings. The fourth-order valence-electron chi connectivity index (χ4n) is 2.25. The summed E-state index contributed by atoms with van der Waals surface area (Å²) in [6.45, 7) is 20.2. The molecule has 0 N–H and O–H groups in total. The maximum Gasteiger partial charge on any atom is 0.0998 e. The van der Waals surface area contributed by atoms with E-state index in [1.165, 1.54) is 19.3 Å². The number of aliphatic imine (C=N–C) groups is 1. The second kappa shape index (κ2) is 13.1.